The van der Waals surface area contributed by atoms with Gasteiger partial charge in [0.2, 0.25) is 0 Å². The minimum Gasteiger partial charge on any atom is -0.478 e. The number of carbonyl (C=O) groups excluding carboxylic acids is 1. The van der Waals surface area contributed by atoms with Gasteiger partial charge in [-0.3, -0.25) is 4.79 Å². The van der Waals surface area contributed by atoms with E-state index in [4.69, 9.17) is 5.11 Å². The van der Waals surface area contributed by atoms with E-state index in [9.17, 15) is 14.7 Å². The first kappa shape index (κ1) is 24.3. The minimum absolute atomic E-state index is 0.0468. The topological polar surface area (TPSA) is 74.6 Å². The lowest BCUT2D eigenvalue weighted by atomic mass is 9.64. The monoisotopic (exact) mass is 396 g/mol. The van der Waals surface area contributed by atoms with Crippen LogP contribution >= 0.6 is 0 Å². The van der Waals surface area contributed by atoms with E-state index in [0.717, 1.165) is 11.1 Å². The zero-order chi connectivity index (χ0) is 22.2. The van der Waals surface area contributed by atoms with Gasteiger partial charge in [-0.2, -0.15) is 0 Å². The van der Waals surface area contributed by atoms with Gasteiger partial charge in [0.25, 0.3) is 0 Å². The van der Waals surface area contributed by atoms with E-state index in [2.05, 4.69) is 0 Å². The SMILES string of the molecule is CC(C=CC=C(C)C(=O)O)=CC=CC=C(C)C=CC1(O)C(C)=CC(=O)CC1(C)C. The molecule has 0 aliphatic heterocycles. The molecule has 1 aliphatic rings. The number of rotatable bonds is 7. The van der Waals surface area contributed by atoms with E-state index in [1.807, 2.05) is 64.2 Å². The second-order valence-electron chi connectivity index (χ2n) is 8.17. The van der Waals surface area contributed by atoms with Gasteiger partial charge in [-0.05, 0) is 45.4 Å². The number of carboxylic acids is 1. The van der Waals surface area contributed by atoms with Crippen molar-refractivity contribution < 1.29 is 19.8 Å². The summed E-state index contributed by atoms with van der Waals surface area (Å²) in [6.07, 6.45) is 18.2. The molecule has 1 unspecified atom stereocenters. The van der Waals surface area contributed by atoms with Crippen LogP contribution in [0, 0.1) is 5.41 Å². The molecule has 29 heavy (non-hydrogen) atoms. The predicted octanol–water partition coefficient (Wildman–Crippen LogP) is 5.25. The zero-order valence-electron chi connectivity index (χ0n) is 18.2. The summed E-state index contributed by atoms with van der Waals surface area (Å²) in [7, 11) is 0. The predicted molar refractivity (Wildman–Crippen MR) is 118 cm³/mol. The molecule has 156 valence electrons. The van der Waals surface area contributed by atoms with Gasteiger partial charge in [-0.25, -0.2) is 4.79 Å². The lowest BCUT2D eigenvalue weighted by molar-refractivity contribution is -0.132. The first-order valence-corrected chi connectivity index (χ1v) is 9.62. The average molecular weight is 397 g/mol. The Morgan fingerprint density at radius 2 is 1.55 bits per heavy atom. The van der Waals surface area contributed by atoms with Crippen LogP contribution in [0.2, 0.25) is 0 Å². The first-order chi connectivity index (χ1) is 13.4. The van der Waals surface area contributed by atoms with Crippen molar-refractivity contribution in [3.8, 4) is 0 Å². The van der Waals surface area contributed by atoms with Gasteiger partial charge in [0.05, 0.1) is 0 Å². The third-order valence-corrected chi connectivity index (χ3v) is 5.09. The Hall–Kier alpha value is -2.72. The molecule has 1 rings (SSSR count). The Bertz CT molecular complexity index is 857. The van der Waals surface area contributed by atoms with Gasteiger partial charge in [-0.15, -0.1) is 0 Å². The third-order valence-electron chi connectivity index (χ3n) is 5.09. The Morgan fingerprint density at radius 1 is 1.00 bits per heavy atom. The minimum atomic E-state index is -1.15. The highest BCUT2D eigenvalue weighted by atomic mass is 16.4. The number of ketones is 1. The van der Waals surface area contributed by atoms with Gasteiger partial charge in [-0.1, -0.05) is 73.6 Å². The fourth-order valence-corrected chi connectivity index (χ4v) is 3.06. The fraction of sp³-hybridized carbons (Fsp3) is 0.360. The zero-order valence-corrected chi connectivity index (χ0v) is 18.2. The average Bonchev–Trinajstić information content (AvgIpc) is 2.61. The molecule has 0 saturated heterocycles. The molecule has 1 aliphatic carbocycles. The number of hydrogen-bond donors (Lipinski definition) is 2. The van der Waals surface area contributed by atoms with Crippen LogP contribution in [0.4, 0.5) is 0 Å². The molecule has 0 spiro atoms. The third kappa shape index (κ3) is 6.99. The second kappa shape index (κ2) is 10.2. The molecule has 0 aromatic heterocycles. The van der Waals surface area contributed by atoms with Crippen LogP contribution in [-0.2, 0) is 9.59 Å². The summed E-state index contributed by atoms with van der Waals surface area (Å²) < 4.78 is 0. The van der Waals surface area contributed by atoms with Crippen LogP contribution in [0.1, 0.15) is 48.0 Å². The van der Waals surface area contributed by atoms with E-state index in [1.165, 1.54) is 6.08 Å². The molecule has 2 N–H and O–H groups in total. The molecule has 0 radical (unpaired) electrons. The Morgan fingerprint density at radius 3 is 2.07 bits per heavy atom. The van der Waals surface area contributed by atoms with Crippen LogP contribution in [0.15, 0.2) is 83.1 Å². The molecular formula is C25H32O4. The summed E-state index contributed by atoms with van der Waals surface area (Å²) in [5.74, 6) is -0.881. The molecule has 0 aromatic rings. The van der Waals surface area contributed by atoms with Gasteiger partial charge >= 0.3 is 5.97 Å². The van der Waals surface area contributed by atoms with Crippen LogP contribution in [-0.4, -0.2) is 27.6 Å². The van der Waals surface area contributed by atoms with Crippen molar-refractivity contribution in [3.63, 3.8) is 0 Å². The summed E-state index contributed by atoms with van der Waals surface area (Å²) in [6, 6.07) is 0. The van der Waals surface area contributed by atoms with Gasteiger partial charge < -0.3 is 10.2 Å². The summed E-state index contributed by atoms with van der Waals surface area (Å²) in [6.45, 7) is 11.0. The molecule has 1 atom stereocenters. The van der Waals surface area contributed by atoms with Gasteiger partial charge in [0, 0.05) is 17.4 Å². The van der Waals surface area contributed by atoms with Crippen LogP contribution in [0.3, 0.4) is 0 Å². The number of allylic oxidation sites excluding steroid dienone is 11. The highest BCUT2D eigenvalue weighted by Gasteiger charge is 2.46. The van der Waals surface area contributed by atoms with Crippen molar-refractivity contribution >= 4 is 11.8 Å². The Kier molecular flexibility index (Phi) is 8.53. The highest BCUT2D eigenvalue weighted by Crippen LogP contribution is 2.44. The first-order valence-electron chi connectivity index (χ1n) is 9.62. The molecule has 0 fully saturated rings. The largest absolute Gasteiger partial charge is 0.478 e. The van der Waals surface area contributed by atoms with Crippen molar-refractivity contribution in [3.05, 3.63) is 83.1 Å². The lowest BCUT2D eigenvalue weighted by Gasteiger charge is -2.44. The number of aliphatic carboxylic acids is 1. The maximum absolute atomic E-state index is 11.8. The Labute approximate surface area is 174 Å². The van der Waals surface area contributed by atoms with Crippen molar-refractivity contribution in [2.45, 2.75) is 53.6 Å². The lowest BCUT2D eigenvalue weighted by Crippen LogP contribution is -2.48. The molecule has 0 bridgehead atoms. The van der Waals surface area contributed by atoms with Crippen molar-refractivity contribution in [1.82, 2.24) is 0 Å². The maximum atomic E-state index is 11.8. The molecule has 0 aromatic carbocycles. The Balaban J connectivity index is 2.82. The van der Waals surface area contributed by atoms with Crippen molar-refractivity contribution in [2.75, 3.05) is 0 Å². The fourth-order valence-electron chi connectivity index (χ4n) is 3.06. The second-order valence-corrected chi connectivity index (χ2v) is 8.17. The van der Waals surface area contributed by atoms with Crippen molar-refractivity contribution in [2.24, 2.45) is 5.41 Å². The van der Waals surface area contributed by atoms with E-state index in [-0.39, 0.29) is 11.4 Å². The number of aliphatic hydroxyl groups is 1. The normalized spacial score (nSPS) is 24.0. The van der Waals surface area contributed by atoms with Gasteiger partial charge in [0.1, 0.15) is 5.60 Å². The summed E-state index contributed by atoms with van der Waals surface area (Å²) in [4.78, 5) is 22.5. The molecule has 0 saturated carbocycles. The molecule has 4 nitrogen and oxygen atoms in total. The van der Waals surface area contributed by atoms with Gasteiger partial charge in [0.15, 0.2) is 5.78 Å². The molecule has 0 amide bonds. The standard InChI is InChI=1S/C25H32O4/c1-18(12-9-13-20(3)23(27)28)10-7-8-11-19(2)14-15-25(29)21(4)16-22(26)17-24(25,5)6/h7-16,29H,17H2,1-6H3,(H,27,28). The van der Waals surface area contributed by atoms with Crippen molar-refractivity contribution in [1.29, 1.82) is 0 Å². The van der Waals surface area contributed by atoms with E-state index < -0.39 is 17.0 Å². The number of carboxylic acid groups (broad SMARTS) is 1. The molecular weight excluding hydrogens is 364 g/mol. The van der Waals surface area contributed by atoms with E-state index >= 15 is 0 Å². The summed E-state index contributed by atoms with van der Waals surface area (Å²) in [5.41, 5.74) is 1.19. The van der Waals surface area contributed by atoms with Crippen LogP contribution < -0.4 is 0 Å². The summed E-state index contributed by atoms with van der Waals surface area (Å²) in [5, 5.41) is 19.9. The smallest absolute Gasteiger partial charge is 0.331 e. The van der Waals surface area contributed by atoms with E-state index in [0.29, 0.717) is 12.0 Å². The number of carbonyl (C=O) groups is 2. The van der Waals surface area contributed by atoms with Crippen LogP contribution in [0.25, 0.3) is 0 Å². The highest BCUT2D eigenvalue weighted by molar-refractivity contribution is 5.92. The molecule has 0 heterocycles. The molecule has 4 heteroatoms. The number of hydrogen-bond acceptors (Lipinski definition) is 3. The van der Waals surface area contributed by atoms with E-state index in [1.54, 1.807) is 32.1 Å². The van der Waals surface area contributed by atoms with Crippen LogP contribution in [0.5, 0.6) is 0 Å². The quantitative estimate of drug-likeness (QED) is 0.455. The maximum Gasteiger partial charge on any atom is 0.331 e. The summed E-state index contributed by atoms with van der Waals surface area (Å²) >= 11 is 0.